The van der Waals surface area contributed by atoms with E-state index in [1.54, 1.807) is 30.3 Å². The summed E-state index contributed by atoms with van der Waals surface area (Å²) in [6.45, 7) is 0.0781. The predicted molar refractivity (Wildman–Crippen MR) is 96.9 cm³/mol. The Kier molecular flexibility index (Phi) is 5.54. The lowest BCUT2D eigenvalue weighted by molar-refractivity contribution is 0.104. The molecule has 3 aromatic rings. The summed E-state index contributed by atoms with van der Waals surface area (Å²) in [4.78, 5) is 12.2. The molecule has 0 radical (unpaired) electrons. The van der Waals surface area contributed by atoms with E-state index in [9.17, 15) is 13.6 Å². The smallest absolute Gasteiger partial charge is 0.185 e. The number of hydrogen-bond acceptors (Lipinski definition) is 2. The van der Waals surface area contributed by atoms with Crippen molar-refractivity contribution < 1.29 is 18.3 Å². The highest BCUT2D eigenvalue weighted by Crippen LogP contribution is 2.19. The maximum atomic E-state index is 13.5. The third-order valence-electron chi connectivity index (χ3n) is 3.75. The summed E-state index contributed by atoms with van der Waals surface area (Å²) in [5, 5.41) is 0. The molecule has 0 aliphatic rings. The minimum absolute atomic E-state index is 0.0781. The largest absolute Gasteiger partial charge is 0.486 e. The normalized spacial score (nSPS) is 10.8. The summed E-state index contributed by atoms with van der Waals surface area (Å²) in [6.07, 6.45) is 3.27. The van der Waals surface area contributed by atoms with Gasteiger partial charge in [0.2, 0.25) is 0 Å². The van der Waals surface area contributed by atoms with Crippen LogP contribution < -0.4 is 4.74 Å². The second-order valence-corrected chi connectivity index (χ2v) is 5.67. The van der Waals surface area contributed by atoms with E-state index in [1.165, 1.54) is 6.08 Å². The number of ketones is 1. The molecule has 0 amide bonds. The van der Waals surface area contributed by atoms with Gasteiger partial charge in [-0.1, -0.05) is 60.7 Å². The van der Waals surface area contributed by atoms with Crippen molar-refractivity contribution in [1.29, 1.82) is 0 Å². The summed E-state index contributed by atoms with van der Waals surface area (Å²) >= 11 is 0. The van der Waals surface area contributed by atoms with E-state index in [1.807, 2.05) is 30.3 Å². The fourth-order valence-electron chi connectivity index (χ4n) is 2.35. The zero-order valence-electron chi connectivity index (χ0n) is 13.9. The van der Waals surface area contributed by atoms with Crippen molar-refractivity contribution in [3.8, 4) is 5.75 Å². The van der Waals surface area contributed by atoms with E-state index in [-0.39, 0.29) is 18.1 Å². The third kappa shape index (κ3) is 4.63. The monoisotopic (exact) mass is 350 g/mol. The Morgan fingerprint density at radius 1 is 0.923 bits per heavy atom. The third-order valence-corrected chi connectivity index (χ3v) is 3.75. The van der Waals surface area contributed by atoms with Crippen molar-refractivity contribution >= 4 is 11.9 Å². The van der Waals surface area contributed by atoms with Crippen LogP contribution >= 0.6 is 0 Å². The summed E-state index contributed by atoms with van der Waals surface area (Å²) in [5.74, 6) is -1.44. The SMILES string of the molecule is O=C(C=Cc1ccccc1)c1ccc(COc2cc(F)ccc2F)cc1. The first kappa shape index (κ1) is 17.5. The molecule has 3 aromatic carbocycles. The predicted octanol–water partition coefficient (Wildman–Crippen LogP) is 5.44. The zero-order chi connectivity index (χ0) is 18.4. The molecule has 0 heterocycles. The van der Waals surface area contributed by atoms with Gasteiger partial charge in [0.15, 0.2) is 17.3 Å². The molecule has 0 spiro atoms. The van der Waals surface area contributed by atoms with E-state index in [0.29, 0.717) is 5.56 Å². The summed E-state index contributed by atoms with van der Waals surface area (Å²) in [5.41, 5.74) is 2.23. The lowest BCUT2D eigenvalue weighted by Gasteiger charge is -2.08. The molecule has 3 rings (SSSR count). The highest BCUT2D eigenvalue weighted by Gasteiger charge is 2.06. The van der Waals surface area contributed by atoms with E-state index in [2.05, 4.69) is 0 Å². The number of allylic oxidation sites excluding steroid dienone is 1. The molecule has 26 heavy (non-hydrogen) atoms. The molecule has 0 atom stereocenters. The average Bonchev–Trinajstić information content (AvgIpc) is 2.68. The Morgan fingerprint density at radius 2 is 1.65 bits per heavy atom. The van der Waals surface area contributed by atoms with Gasteiger partial charge >= 0.3 is 0 Å². The molecular weight excluding hydrogens is 334 g/mol. The van der Waals surface area contributed by atoms with Gasteiger partial charge in [-0.3, -0.25) is 4.79 Å². The summed E-state index contributed by atoms with van der Waals surface area (Å²) in [7, 11) is 0. The Morgan fingerprint density at radius 3 is 2.38 bits per heavy atom. The molecule has 130 valence electrons. The second-order valence-electron chi connectivity index (χ2n) is 5.67. The lowest BCUT2D eigenvalue weighted by atomic mass is 10.1. The number of ether oxygens (including phenoxy) is 1. The van der Waals surface area contributed by atoms with Crippen LogP contribution in [0, 0.1) is 11.6 Å². The van der Waals surface area contributed by atoms with Crippen molar-refractivity contribution in [3.63, 3.8) is 0 Å². The Labute approximate surface area is 150 Å². The molecule has 2 nitrogen and oxygen atoms in total. The molecule has 0 aromatic heterocycles. The molecule has 0 unspecified atom stereocenters. The molecular formula is C22H16F2O2. The van der Waals surface area contributed by atoms with Crippen LogP contribution in [-0.4, -0.2) is 5.78 Å². The molecule has 0 saturated carbocycles. The Bertz CT molecular complexity index is 917. The Balaban J connectivity index is 1.62. The summed E-state index contributed by atoms with van der Waals surface area (Å²) < 4.78 is 31.9. The fraction of sp³-hybridized carbons (Fsp3) is 0.0455. The van der Waals surface area contributed by atoms with E-state index >= 15 is 0 Å². The van der Waals surface area contributed by atoms with Gasteiger partial charge in [-0.05, 0) is 29.3 Å². The van der Waals surface area contributed by atoms with Crippen LogP contribution in [0.15, 0.2) is 78.9 Å². The quantitative estimate of drug-likeness (QED) is 0.437. The molecule has 0 aliphatic heterocycles. The lowest BCUT2D eigenvalue weighted by Crippen LogP contribution is -1.99. The van der Waals surface area contributed by atoms with Crippen molar-refractivity contribution in [2.24, 2.45) is 0 Å². The van der Waals surface area contributed by atoms with Crippen LogP contribution in [0.1, 0.15) is 21.5 Å². The second kappa shape index (κ2) is 8.21. The fourth-order valence-corrected chi connectivity index (χ4v) is 2.35. The van der Waals surface area contributed by atoms with Gasteiger partial charge in [0, 0.05) is 11.6 Å². The maximum Gasteiger partial charge on any atom is 0.185 e. The number of carbonyl (C=O) groups excluding carboxylic acids is 1. The van der Waals surface area contributed by atoms with Crippen LogP contribution in [0.3, 0.4) is 0 Å². The number of hydrogen-bond donors (Lipinski definition) is 0. The molecule has 0 aliphatic carbocycles. The van der Waals surface area contributed by atoms with Gasteiger partial charge in [-0.25, -0.2) is 8.78 Å². The van der Waals surface area contributed by atoms with E-state index < -0.39 is 11.6 Å². The van der Waals surface area contributed by atoms with E-state index in [0.717, 1.165) is 29.3 Å². The standard InChI is InChI=1S/C22H16F2O2/c23-19-11-12-20(24)22(14-19)26-15-17-6-9-18(10-7-17)21(25)13-8-16-4-2-1-3-5-16/h1-14H,15H2. The first-order chi connectivity index (χ1) is 12.6. The van der Waals surface area contributed by atoms with Crippen LogP contribution in [0.5, 0.6) is 5.75 Å². The van der Waals surface area contributed by atoms with Crippen LogP contribution in [0.2, 0.25) is 0 Å². The van der Waals surface area contributed by atoms with Crippen LogP contribution in [-0.2, 0) is 6.61 Å². The van der Waals surface area contributed by atoms with Gasteiger partial charge in [0.25, 0.3) is 0 Å². The summed E-state index contributed by atoms with van der Waals surface area (Å²) in [6, 6.07) is 19.4. The molecule has 0 saturated heterocycles. The Hall–Kier alpha value is -3.27. The van der Waals surface area contributed by atoms with Gasteiger partial charge in [0.05, 0.1) is 0 Å². The number of halogens is 2. The first-order valence-electron chi connectivity index (χ1n) is 8.06. The zero-order valence-corrected chi connectivity index (χ0v) is 13.9. The number of carbonyl (C=O) groups is 1. The van der Waals surface area contributed by atoms with Gasteiger partial charge in [0.1, 0.15) is 12.4 Å². The van der Waals surface area contributed by atoms with Gasteiger partial charge < -0.3 is 4.74 Å². The van der Waals surface area contributed by atoms with Crippen molar-refractivity contribution in [2.45, 2.75) is 6.61 Å². The highest BCUT2D eigenvalue weighted by molar-refractivity contribution is 6.06. The topological polar surface area (TPSA) is 26.3 Å². The van der Waals surface area contributed by atoms with Crippen molar-refractivity contribution in [2.75, 3.05) is 0 Å². The molecule has 4 heteroatoms. The molecule has 0 N–H and O–H groups in total. The molecule has 0 fully saturated rings. The van der Waals surface area contributed by atoms with Crippen LogP contribution in [0.25, 0.3) is 6.08 Å². The number of rotatable bonds is 6. The van der Waals surface area contributed by atoms with Crippen molar-refractivity contribution in [3.05, 3.63) is 107 Å². The molecule has 0 bridgehead atoms. The van der Waals surface area contributed by atoms with Crippen molar-refractivity contribution in [1.82, 2.24) is 0 Å². The minimum atomic E-state index is -0.621. The number of benzene rings is 3. The minimum Gasteiger partial charge on any atom is -0.486 e. The highest BCUT2D eigenvalue weighted by atomic mass is 19.1. The van der Waals surface area contributed by atoms with Crippen LogP contribution in [0.4, 0.5) is 8.78 Å². The van der Waals surface area contributed by atoms with Gasteiger partial charge in [-0.15, -0.1) is 0 Å². The van der Waals surface area contributed by atoms with E-state index in [4.69, 9.17) is 4.74 Å². The average molecular weight is 350 g/mol. The van der Waals surface area contributed by atoms with Gasteiger partial charge in [-0.2, -0.15) is 0 Å². The maximum absolute atomic E-state index is 13.5. The first-order valence-corrected chi connectivity index (χ1v) is 8.06.